The van der Waals surface area contributed by atoms with Crippen LogP contribution in [0.3, 0.4) is 0 Å². The Bertz CT molecular complexity index is 818. The molecule has 0 bridgehead atoms. The molecule has 0 spiro atoms. The number of piperazine rings is 1. The van der Waals surface area contributed by atoms with E-state index >= 15 is 0 Å². The lowest BCUT2D eigenvalue weighted by molar-refractivity contribution is 0.106. The van der Waals surface area contributed by atoms with Gasteiger partial charge in [-0.15, -0.1) is 0 Å². The first kappa shape index (κ1) is 19.9. The molecule has 2 aromatic heterocycles. The summed E-state index contributed by atoms with van der Waals surface area (Å²) < 4.78 is 7.07. The number of hydrogen-bond acceptors (Lipinski definition) is 6. The van der Waals surface area contributed by atoms with Crippen molar-refractivity contribution >= 4 is 10.9 Å². The number of aromatic nitrogens is 3. The molecule has 0 saturated carbocycles. The normalized spacial score (nSPS) is 22.2. The molecular weight excluding hydrogens is 342 g/mol. The Kier molecular flexibility index (Phi) is 6.57. The van der Waals surface area contributed by atoms with Gasteiger partial charge in [-0.3, -0.25) is 19.2 Å². The van der Waals surface area contributed by atoms with Gasteiger partial charge in [0, 0.05) is 39.9 Å². The van der Waals surface area contributed by atoms with Gasteiger partial charge < -0.3 is 10.1 Å². The van der Waals surface area contributed by atoms with E-state index in [0.717, 1.165) is 31.8 Å². The van der Waals surface area contributed by atoms with Crippen LogP contribution in [-0.4, -0.2) is 58.3 Å². The van der Waals surface area contributed by atoms with Gasteiger partial charge in [0.1, 0.15) is 5.82 Å². The minimum Gasteiger partial charge on any atom is -0.383 e. The molecule has 150 valence electrons. The quantitative estimate of drug-likeness (QED) is 0.800. The first-order chi connectivity index (χ1) is 13.0. The van der Waals surface area contributed by atoms with Gasteiger partial charge in [-0.25, -0.2) is 4.98 Å². The van der Waals surface area contributed by atoms with Crippen molar-refractivity contribution in [3.63, 3.8) is 0 Å². The van der Waals surface area contributed by atoms with Gasteiger partial charge in [-0.2, -0.15) is 0 Å². The maximum atomic E-state index is 13.2. The lowest BCUT2D eigenvalue weighted by atomic mass is 10.0. The molecule has 3 heterocycles. The molecule has 0 aliphatic carbocycles. The molecular formula is C20H33N5O2. The molecule has 0 amide bonds. The highest BCUT2D eigenvalue weighted by atomic mass is 16.5. The number of methoxy groups -OCH3 is 1. The van der Waals surface area contributed by atoms with Crippen molar-refractivity contribution in [3.05, 3.63) is 34.6 Å². The van der Waals surface area contributed by atoms with Crippen LogP contribution in [0.25, 0.3) is 10.9 Å². The lowest BCUT2D eigenvalue weighted by Gasteiger charge is -2.41. The molecule has 0 aromatic carbocycles. The molecule has 1 aliphatic rings. The first-order valence-electron chi connectivity index (χ1n) is 9.88. The van der Waals surface area contributed by atoms with Gasteiger partial charge in [-0.05, 0) is 26.3 Å². The maximum absolute atomic E-state index is 13.2. The van der Waals surface area contributed by atoms with Crippen LogP contribution in [0.4, 0.5) is 0 Å². The van der Waals surface area contributed by atoms with E-state index in [1.807, 2.05) is 4.57 Å². The minimum atomic E-state index is -0.00761. The van der Waals surface area contributed by atoms with E-state index in [2.05, 4.69) is 36.0 Å². The summed E-state index contributed by atoms with van der Waals surface area (Å²) in [5, 5.41) is 4.20. The molecule has 3 atom stereocenters. The van der Waals surface area contributed by atoms with E-state index in [1.54, 1.807) is 25.6 Å². The van der Waals surface area contributed by atoms with E-state index in [9.17, 15) is 4.79 Å². The highest BCUT2D eigenvalue weighted by molar-refractivity contribution is 5.76. The van der Waals surface area contributed by atoms with Gasteiger partial charge in [0.25, 0.3) is 5.56 Å². The summed E-state index contributed by atoms with van der Waals surface area (Å²) in [6.45, 7) is 9.48. The van der Waals surface area contributed by atoms with Crippen molar-refractivity contribution in [2.75, 3.05) is 26.8 Å². The molecule has 1 saturated heterocycles. The minimum absolute atomic E-state index is 0. The monoisotopic (exact) mass is 375 g/mol. The zero-order chi connectivity index (χ0) is 19.4. The number of rotatable bonds is 7. The fraction of sp³-hybridized carbons (Fsp3) is 0.650. The van der Waals surface area contributed by atoms with Crippen molar-refractivity contribution < 1.29 is 6.16 Å². The topological polar surface area (TPSA) is 72.3 Å². The van der Waals surface area contributed by atoms with Crippen LogP contribution in [-0.2, 0) is 11.3 Å². The molecule has 1 aliphatic heterocycles. The number of hydrogen-bond donors (Lipinski definition) is 1. The summed E-state index contributed by atoms with van der Waals surface area (Å²) in [5.41, 5.74) is 0.662. The molecule has 2 aromatic rings. The largest absolute Gasteiger partial charge is 0.383 e. The number of pyridine rings is 1. The Labute approximate surface area is 162 Å². The molecule has 0 radical (unpaired) electrons. The zero-order valence-corrected chi connectivity index (χ0v) is 16.8. The van der Waals surface area contributed by atoms with Crippen LogP contribution < -0.4 is 10.9 Å². The summed E-state index contributed by atoms with van der Waals surface area (Å²) in [5.74, 6) is 0.834. The fourth-order valence-corrected chi connectivity index (χ4v) is 4.11. The third kappa shape index (κ3) is 4.36. The van der Waals surface area contributed by atoms with E-state index in [-0.39, 0.29) is 13.0 Å². The third-order valence-corrected chi connectivity index (χ3v) is 5.19. The number of fused-ring (bicyclic) bond motifs is 1. The SMILES string of the molecule is CCCC(c1nc2cnccc2c(=O)n1CCOC)N1C[C@@H](C)N[C@@H](C)C1.[HH]. The fourth-order valence-electron chi connectivity index (χ4n) is 4.11. The molecule has 1 unspecified atom stereocenters. The molecule has 1 fully saturated rings. The third-order valence-electron chi connectivity index (χ3n) is 5.19. The van der Waals surface area contributed by atoms with Crippen molar-refractivity contribution in [2.24, 2.45) is 0 Å². The Morgan fingerprint density at radius 1 is 1.37 bits per heavy atom. The van der Waals surface area contributed by atoms with Crippen molar-refractivity contribution in [2.45, 2.75) is 58.3 Å². The summed E-state index contributed by atoms with van der Waals surface area (Å²) in [4.78, 5) is 24.7. The van der Waals surface area contributed by atoms with Crippen LogP contribution in [0.1, 0.15) is 46.9 Å². The van der Waals surface area contributed by atoms with Crippen molar-refractivity contribution in [1.82, 2.24) is 24.8 Å². The van der Waals surface area contributed by atoms with Crippen molar-refractivity contribution in [3.8, 4) is 0 Å². The van der Waals surface area contributed by atoms with Gasteiger partial charge in [0.2, 0.25) is 0 Å². The number of ether oxygens (including phenoxy) is 1. The number of nitrogens with one attached hydrogen (secondary N) is 1. The van der Waals surface area contributed by atoms with Crippen LogP contribution in [0, 0.1) is 0 Å². The Morgan fingerprint density at radius 2 is 2.11 bits per heavy atom. The standard InChI is InChI=1S/C20H31N5O2.H2/c1-5-6-18(24-12-14(2)22-15(3)13-24)19-23-17-11-21-8-7-16(17)20(26)25(19)9-10-27-4;/h7-8,11,14-15,18,22H,5-6,9-10,12-13H2,1-4H3;1H/t14-,15+,18?;. The lowest BCUT2D eigenvalue weighted by Crippen LogP contribution is -2.55. The second-order valence-corrected chi connectivity index (χ2v) is 7.54. The summed E-state index contributed by atoms with van der Waals surface area (Å²) in [6, 6.07) is 2.68. The Balaban J connectivity index is 0.00000280. The second-order valence-electron chi connectivity index (χ2n) is 7.54. The number of nitrogens with zero attached hydrogens (tertiary/aromatic N) is 4. The van der Waals surface area contributed by atoms with Crippen LogP contribution in [0.15, 0.2) is 23.3 Å². The van der Waals surface area contributed by atoms with Crippen molar-refractivity contribution in [1.29, 1.82) is 0 Å². The summed E-state index contributed by atoms with van der Waals surface area (Å²) in [6.07, 6.45) is 5.33. The van der Waals surface area contributed by atoms with Gasteiger partial charge in [-0.1, -0.05) is 13.3 Å². The van der Waals surface area contributed by atoms with Gasteiger partial charge in [0.15, 0.2) is 0 Å². The Morgan fingerprint density at radius 3 is 2.78 bits per heavy atom. The molecule has 3 rings (SSSR count). The molecule has 27 heavy (non-hydrogen) atoms. The molecule has 1 N–H and O–H groups in total. The predicted octanol–water partition coefficient (Wildman–Crippen LogP) is 2.21. The van der Waals surface area contributed by atoms with Crippen LogP contribution in [0.2, 0.25) is 0 Å². The van der Waals surface area contributed by atoms with Crippen LogP contribution >= 0.6 is 0 Å². The zero-order valence-electron chi connectivity index (χ0n) is 16.8. The average molecular weight is 376 g/mol. The molecule has 7 heteroatoms. The van der Waals surface area contributed by atoms with Crippen LogP contribution in [0.5, 0.6) is 0 Å². The second kappa shape index (κ2) is 8.91. The van der Waals surface area contributed by atoms with Gasteiger partial charge in [0.05, 0.1) is 36.3 Å². The molecule has 7 nitrogen and oxygen atoms in total. The highest BCUT2D eigenvalue weighted by Crippen LogP contribution is 2.27. The smallest absolute Gasteiger partial charge is 0.261 e. The van der Waals surface area contributed by atoms with E-state index in [0.29, 0.717) is 36.1 Å². The summed E-state index contributed by atoms with van der Waals surface area (Å²) >= 11 is 0. The first-order valence-corrected chi connectivity index (χ1v) is 9.88. The van der Waals surface area contributed by atoms with E-state index < -0.39 is 0 Å². The Hall–Kier alpha value is -1.83. The highest BCUT2D eigenvalue weighted by Gasteiger charge is 2.30. The van der Waals surface area contributed by atoms with E-state index in [1.165, 1.54) is 0 Å². The predicted molar refractivity (Wildman–Crippen MR) is 109 cm³/mol. The maximum Gasteiger partial charge on any atom is 0.261 e. The van der Waals surface area contributed by atoms with E-state index in [4.69, 9.17) is 9.72 Å². The summed E-state index contributed by atoms with van der Waals surface area (Å²) in [7, 11) is 1.66. The van der Waals surface area contributed by atoms with Gasteiger partial charge >= 0.3 is 0 Å². The average Bonchev–Trinajstić information content (AvgIpc) is 2.64.